The van der Waals surface area contributed by atoms with Crippen molar-refractivity contribution in [3.8, 4) is 11.1 Å². The number of amides is 1. The number of nitrogens with one attached hydrogen (secondary N) is 1. The van der Waals surface area contributed by atoms with E-state index in [2.05, 4.69) is 47.1 Å². The number of nitrogens with zero attached hydrogens (tertiary/aromatic N) is 4. The van der Waals surface area contributed by atoms with Crippen molar-refractivity contribution in [2.24, 2.45) is 5.92 Å². The highest BCUT2D eigenvalue weighted by Crippen LogP contribution is 2.52. The van der Waals surface area contributed by atoms with E-state index < -0.39 is 29.2 Å². The summed E-state index contributed by atoms with van der Waals surface area (Å²) in [7, 11) is 0. The van der Waals surface area contributed by atoms with Crippen molar-refractivity contribution in [1.82, 2.24) is 19.9 Å². The molecule has 8 nitrogen and oxygen atoms in total. The van der Waals surface area contributed by atoms with Crippen LogP contribution in [0.1, 0.15) is 78.9 Å². The van der Waals surface area contributed by atoms with Crippen LogP contribution in [0.4, 0.5) is 19.0 Å². The number of halogens is 3. The Bertz CT molecular complexity index is 1880. The van der Waals surface area contributed by atoms with E-state index in [0.717, 1.165) is 72.6 Å². The highest BCUT2D eigenvalue weighted by molar-refractivity contribution is 5.82. The van der Waals surface area contributed by atoms with E-state index in [1.54, 1.807) is 0 Å². The number of piperidine rings is 1. The second-order valence-corrected chi connectivity index (χ2v) is 13.5. The van der Waals surface area contributed by atoms with E-state index in [-0.39, 0.29) is 24.2 Å². The summed E-state index contributed by atoms with van der Waals surface area (Å²) in [6.45, 7) is 4.48. The van der Waals surface area contributed by atoms with Crippen molar-refractivity contribution >= 4 is 11.7 Å². The summed E-state index contributed by atoms with van der Waals surface area (Å²) in [6.07, 6.45) is 0.489. The quantitative estimate of drug-likeness (QED) is 0.257. The fourth-order valence-electron chi connectivity index (χ4n) is 7.00. The largest absolute Gasteiger partial charge is 0.416 e. The topological polar surface area (TPSA) is 102 Å². The molecule has 11 heteroatoms. The van der Waals surface area contributed by atoms with E-state index in [1.807, 2.05) is 12.3 Å². The van der Waals surface area contributed by atoms with Crippen molar-refractivity contribution in [3.05, 3.63) is 111 Å². The van der Waals surface area contributed by atoms with Crippen molar-refractivity contribution in [3.63, 3.8) is 0 Å². The van der Waals surface area contributed by atoms with Crippen LogP contribution in [0, 0.1) is 5.92 Å². The van der Waals surface area contributed by atoms with Gasteiger partial charge >= 0.3 is 6.18 Å². The number of hydrogen-bond acceptors (Lipinski definition) is 6. The molecule has 2 aromatic heterocycles. The first-order valence-electron chi connectivity index (χ1n) is 16.6. The Morgan fingerprint density at radius 1 is 1.02 bits per heavy atom. The monoisotopic (exact) mass is 657 g/mol. The Labute approximate surface area is 276 Å². The molecule has 0 bridgehead atoms. The molecule has 2 fully saturated rings. The van der Waals surface area contributed by atoms with Gasteiger partial charge in [0.15, 0.2) is 6.10 Å². The lowest BCUT2D eigenvalue weighted by Gasteiger charge is -2.31. The minimum atomic E-state index is -4.61. The molecule has 2 aliphatic heterocycles. The maximum absolute atomic E-state index is 13.5. The van der Waals surface area contributed by atoms with Crippen LogP contribution in [0.2, 0.25) is 0 Å². The van der Waals surface area contributed by atoms with Gasteiger partial charge in [0.25, 0.3) is 11.5 Å². The number of alkyl halides is 3. The summed E-state index contributed by atoms with van der Waals surface area (Å²) < 4.78 is 39.7. The number of aryl methyl sites for hydroxylation is 1. The molecule has 1 aliphatic carbocycles. The number of aliphatic hydroxyl groups is 1. The summed E-state index contributed by atoms with van der Waals surface area (Å²) in [5.41, 5.74) is 2.18. The molecule has 4 heterocycles. The van der Waals surface area contributed by atoms with Crippen LogP contribution in [0.5, 0.6) is 0 Å². The number of H-pyrrole nitrogens is 1. The summed E-state index contributed by atoms with van der Waals surface area (Å²) in [4.78, 5) is 43.2. The molecule has 3 aliphatic rings. The van der Waals surface area contributed by atoms with Crippen LogP contribution >= 0.6 is 0 Å². The molecule has 2 N–H and O–H groups in total. The van der Waals surface area contributed by atoms with E-state index >= 15 is 0 Å². The Balaban J connectivity index is 1.10. The zero-order valence-corrected chi connectivity index (χ0v) is 26.8. The van der Waals surface area contributed by atoms with Gasteiger partial charge in [0, 0.05) is 31.4 Å². The van der Waals surface area contributed by atoms with Crippen molar-refractivity contribution in [2.45, 2.75) is 69.7 Å². The van der Waals surface area contributed by atoms with Crippen molar-refractivity contribution in [2.75, 3.05) is 24.5 Å². The zero-order chi connectivity index (χ0) is 33.6. The first kappa shape index (κ1) is 32.1. The van der Waals surface area contributed by atoms with Gasteiger partial charge < -0.3 is 19.9 Å². The zero-order valence-electron chi connectivity index (χ0n) is 26.8. The molecule has 1 saturated heterocycles. The number of rotatable bonds is 6. The number of hydrogen-bond donors (Lipinski definition) is 2. The van der Waals surface area contributed by atoms with Gasteiger partial charge in [-0.25, -0.2) is 9.97 Å². The average Bonchev–Trinajstić information content (AvgIpc) is 3.93. The van der Waals surface area contributed by atoms with Gasteiger partial charge in [0.1, 0.15) is 11.6 Å². The van der Waals surface area contributed by atoms with Crippen LogP contribution < -0.4 is 10.5 Å². The number of aromatic nitrogens is 3. The van der Waals surface area contributed by atoms with Crippen LogP contribution in [-0.2, 0) is 29.4 Å². The molecule has 0 spiro atoms. The summed E-state index contributed by atoms with van der Waals surface area (Å²) in [5, 5.41) is 10.7. The molecule has 1 atom stereocenters. The molecule has 250 valence electrons. The maximum Gasteiger partial charge on any atom is 0.416 e. The number of fused-ring (bicyclic) bond motifs is 1. The third-order valence-corrected chi connectivity index (χ3v) is 10.2. The Kier molecular flexibility index (Phi) is 8.35. The number of carbonyl (C=O) groups excluding carboxylic acids is 1. The van der Waals surface area contributed by atoms with Crippen LogP contribution in [0.3, 0.4) is 0 Å². The average molecular weight is 658 g/mol. The maximum atomic E-state index is 13.5. The second-order valence-electron chi connectivity index (χ2n) is 13.5. The molecule has 4 aromatic rings. The predicted octanol–water partition coefficient (Wildman–Crippen LogP) is 6.18. The highest BCUT2D eigenvalue weighted by Gasteiger charge is 2.49. The van der Waals surface area contributed by atoms with Gasteiger partial charge in [-0.1, -0.05) is 43.3 Å². The van der Waals surface area contributed by atoms with Crippen LogP contribution in [0.25, 0.3) is 11.1 Å². The second kappa shape index (κ2) is 12.5. The van der Waals surface area contributed by atoms with E-state index in [4.69, 9.17) is 9.97 Å². The van der Waals surface area contributed by atoms with Gasteiger partial charge in [0.05, 0.1) is 28.8 Å². The molecule has 7 rings (SSSR count). The molecule has 1 saturated carbocycles. The predicted molar refractivity (Wildman–Crippen MR) is 175 cm³/mol. The van der Waals surface area contributed by atoms with Gasteiger partial charge in [-0.15, -0.1) is 0 Å². The molecule has 0 radical (unpaired) electrons. The number of pyridine rings is 1. The molecular weight excluding hydrogens is 619 g/mol. The van der Waals surface area contributed by atoms with E-state index in [1.165, 1.54) is 23.8 Å². The Morgan fingerprint density at radius 3 is 2.50 bits per heavy atom. The van der Waals surface area contributed by atoms with Crippen molar-refractivity contribution < 1.29 is 23.1 Å². The summed E-state index contributed by atoms with van der Waals surface area (Å²) >= 11 is 0. The standard InChI is InChI=1S/C37H38F3N5O3/c1-23-12-17-44(18-13-23)31-11-10-26(21-41-31)24-5-2-7-27(19-24)36(14-15-36)35-42-30-9-4-16-45(22-29(30)33(47)43-35)34(48)32(46)25-6-3-8-28(20-25)37(38,39)40/h2-3,5-8,10-11,19-21,23,32,46H,4,9,12-18,22H2,1H3,(H,42,43,47)/t32-/m1/s1. The van der Waals surface area contributed by atoms with E-state index in [0.29, 0.717) is 29.9 Å². The molecule has 2 aromatic carbocycles. The van der Waals surface area contributed by atoms with Crippen molar-refractivity contribution in [1.29, 1.82) is 0 Å². The first-order valence-corrected chi connectivity index (χ1v) is 16.6. The number of aliphatic hydroxyl groups excluding tert-OH is 1. The SMILES string of the molecule is CC1CCN(c2ccc(-c3cccc(C4(c5nc6c(c(=O)[nH]5)CN(C(=O)[C@H](O)c5cccc(C(F)(F)F)c5)CCC6)CC4)c3)cn2)CC1. The summed E-state index contributed by atoms with van der Waals surface area (Å²) in [5.74, 6) is 1.59. The van der Waals surface area contributed by atoms with E-state index in [9.17, 15) is 27.9 Å². The minimum Gasteiger partial charge on any atom is -0.378 e. The lowest BCUT2D eigenvalue weighted by atomic mass is 9.91. The van der Waals surface area contributed by atoms with Crippen LogP contribution in [0.15, 0.2) is 71.7 Å². The first-order chi connectivity index (χ1) is 23.0. The molecule has 1 amide bonds. The molecule has 0 unspecified atom stereocenters. The molecule has 48 heavy (non-hydrogen) atoms. The smallest absolute Gasteiger partial charge is 0.378 e. The Morgan fingerprint density at radius 2 is 1.79 bits per heavy atom. The lowest BCUT2D eigenvalue weighted by molar-refractivity contribution is -0.142. The molecular formula is C37H38F3N5O3. The summed E-state index contributed by atoms with van der Waals surface area (Å²) in [6, 6.07) is 16.6. The number of carbonyl (C=O) groups is 1. The van der Waals surface area contributed by atoms with Crippen LogP contribution in [-0.4, -0.2) is 50.5 Å². The fourth-order valence-corrected chi connectivity index (χ4v) is 7.00. The lowest BCUT2D eigenvalue weighted by Crippen LogP contribution is -2.36. The fraction of sp³-hybridized carbons (Fsp3) is 0.405. The number of aromatic amines is 1. The van der Waals surface area contributed by atoms with Gasteiger partial charge in [-0.05, 0) is 85.4 Å². The number of benzene rings is 2. The normalized spacial score (nSPS) is 18.6. The van der Waals surface area contributed by atoms with Gasteiger partial charge in [-0.3, -0.25) is 9.59 Å². The minimum absolute atomic E-state index is 0.0886. The van der Waals surface area contributed by atoms with Gasteiger partial charge in [0.2, 0.25) is 0 Å². The third-order valence-electron chi connectivity index (χ3n) is 10.2. The highest BCUT2D eigenvalue weighted by atomic mass is 19.4. The van der Waals surface area contributed by atoms with Gasteiger partial charge in [-0.2, -0.15) is 13.2 Å². The number of anilines is 1. The third kappa shape index (κ3) is 6.23. The Hall–Kier alpha value is -4.51.